The molecule has 1 unspecified atom stereocenters. The van der Waals surface area contributed by atoms with Crippen LogP contribution in [0.3, 0.4) is 0 Å². The summed E-state index contributed by atoms with van der Waals surface area (Å²) in [6.45, 7) is 16.5. The Morgan fingerprint density at radius 1 is 1.17 bits per heavy atom. The van der Waals surface area contributed by atoms with Gasteiger partial charge >= 0.3 is 0 Å². The summed E-state index contributed by atoms with van der Waals surface area (Å²) >= 11 is 0. The van der Waals surface area contributed by atoms with Crippen molar-refractivity contribution in [1.29, 1.82) is 0 Å². The van der Waals surface area contributed by atoms with Crippen LogP contribution in [0.1, 0.15) is 41.0 Å². The van der Waals surface area contributed by atoms with Crippen molar-refractivity contribution in [2.45, 2.75) is 46.6 Å². The fourth-order valence-corrected chi connectivity index (χ4v) is 2.44. The number of ether oxygens (including phenoxy) is 1. The highest BCUT2D eigenvalue weighted by molar-refractivity contribution is 5.79. The van der Waals surface area contributed by atoms with Gasteiger partial charge in [-0.3, -0.25) is 9.89 Å². The van der Waals surface area contributed by atoms with Gasteiger partial charge in [0.1, 0.15) is 0 Å². The summed E-state index contributed by atoms with van der Waals surface area (Å²) < 4.78 is 5.35. The van der Waals surface area contributed by atoms with E-state index in [2.05, 4.69) is 41.3 Å². The molecule has 0 radical (unpaired) electrons. The van der Waals surface area contributed by atoms with Crippen LogP contribution in [0.5, 0.6) is 0 Å². The van der Waals surface area contributed by atoms with E-state index in [1.54, 1.807) is 0 Å². The Hall–Kier alpha value is -0.850. The molecule has 0 spiro atoms. The van der Waals surface area contributed by atoms with E-state index in [0.717, 1.165) is 51.8 Å². The van der Waals surface area contributed by atoms with Crippen LogP contribution in [0.2, 0.25) is 0 Å². The molecule has 6 heteroatoms. The van der Waals surface area contributed by atoms with Gasteiger partial charge in [0.15, 0.2) is 5.96 Å². The molecule has 0 aromatic rings. The van der Waals surface area contributed by atoms with Crippen LogP contribution in [0.15, 0.2) is 4.99 Å². The predicted molar refractivity (Wildman–Crippen MR) is 95.9 cm³/mol. The van der Waals surface area contributed by atoms with Crippen molar-refractivity contribution in [2.75, 3.05) is 52.5 Å². The van der Waals surface area contributed by atoms with Crippen LogP contribution >= 0.6 is 0 Å². The highest BCUT2D eigenvalue weighted by Gasteiger charge is 2.25. The van der Waals surface area contributed by atoms with Crippen molar-refractivity contribution < 1.29 is 9.84 Å². The van der Waals surface area contributed by atoms with Crippen LogP contribution in [-0.2, 0) is 4.74 Å². The van der Waals surface area contributed by atoms with Crippen molar-refractivity contribution in [3.05, 3.63) is 0 Å². The smallest absolute Gasteiger partial charge is 0.191 e. The SMILES string of the molecule is CCNC(=NCC(C)(O)CN1CCOCC1)NCCC(C)(C)C. The molecule has 0 aliphatic carbocycles. The molecule has 1 aliphatic heterocycles. The first-order valence-electron chi connectivity index (χ1n) is 8.76. The van der Waals surface area contributed by atoms with E-state index in [-0.39, 0.29) is 0 Å². The Morgan fingerprint density at radius 2 is 1.83 bits per heavy atom. The topological polar surface area (TPSA) is 69.1 Å². The minimum Gasteiger partial charge on any atom is -0.387 e. The monoisotopic (exact) mass is 328 g/mol. The molecule has 1 aliphatic rings. The van der Waals surface area contributed by atoms with Crippen molar-refractivity contribution in [3.8, 4) is 0 Å². The summed E-state index contributed by atoms with van der Waals surface area (Å²) in [6.07, 6.45) is 1.07. The molecule has 0 bridgehead atoms. The third-order valence-corrected chi connectivity index (χ3v) is 3.76. The van der Waals surface area contributed by atoms with Gasteiger partial charge in [0.05, 0.1) is 25.4 Å². The fraction of sp³-hybridized carbons (Fsp3) is 0.941. The Bertz CT molecular complexity index is 358. The number of nitrogens with zero attached hydrogens (tertiary/aromatic N) is 2. The second kappa shape index (κ2) is 9.45. The third-order valence-electron chi connectivity index (χ3n) is 3.76. The highest BCUT2D eigenvalue weighted by Crippen LogP contribution is 2.16. The zero-order valence-corrected chi connectivity index (χ0v) is 15.6. The number of aliphatic hydroxyl groups is 1. The predicted octanol–water partition coefficient (Wildman–Crippen LogP) is 1.06. The molecule has 0 aromatic heterocycles. The Morgan fingerprint density at radius 3 is 2.39 bits per heavy atom. The first-order valence-corrected chi connectivity index (χ1v) is 8.76. The quantitative estimate of drug-likeness (QED) is 0.482. The number of guanidine groups is 1. The van der Waals surface area contributed by atoms with Crippen LogP contribution in [0, 0.1) is 5.41 Å². The molecule has 1 heterocycles. The Balaban J connectivity index is 2.46. The maximum absolute atomic E-state index is 10.6. The molecular weight excluding hydrogens is 292 g/mol. The second-order valence-corrected chi connectivity index (χ2v) is 7.82. The van der Waals surface area contributed by atoms with Crippen molar-refractivity contribution in [3.63, 3.8) is 0 Å². The molecule has 1 saturated heterocycles. The van der Waals surface area contributed by atoms with Crippen molar-refractivity contribution in [1.82, 2.24) is 15.5 Å². The lowest BCUT2D eigenvalue weighted by Gasteiger charge is -2.33. The number of morpholine rings is 1. The van der Waals surface area contributed by atoms with E-state index in [1.165, 1.54) is 0 Å². The summed E-state index contributed by atoms with van der Waals surface area (Å²) in [5.41, 5.74) is -0.532. The van der Waals surface area contributed by atoms with Crippen LogP contribution in [-0.4, -0.2) is 74.0 Å². The van der Waals surface area contributed by atoms with Crippen molar-refractivity contribution in [2.24, 2.45) is 10.4 Å². The van der Waals surface area contributed by atoms with Gasteiger partial charge < -0.3 is 20.5 Å². The molecular formula is C17H36N4O2. The highest BCUT2D eigenvalue weighted by atomic mass is 16.5. The molecule has 23 heavy (non-hydrogen) atoms. The second-order valence-electron chi connectivity index (χ2n) is 7.82. The molecule has 136 valence electrons. The lowest BCUT2D eigenvalue weighted by atomic mass is 9.92. The molecule has 1 rings (SSSR count). The number of hydrogen-bond donors (Lipinski definition) is 3. The Kier molecular flexibility index (Phi) is 8.29. The van der Waals surface area contributed by atoms with E-state index in [9.17, 15) is 5.11 Å². The van der Waals surface area contributed by atoms with E-state index in [0.29, 0.717) is 18.5 Å². The van der Waals surface area contributed by atoms with Gasteiger partial charge in [-0.25, -0.2) is 0 Å². The molecule has 3 N–H and O–H groups in total. The van der Waals surface area contributed by atoms with Gasteiger partial charge in [0.2, 0.25) is 0 Å². The lowest BCUT2D eigenvalue weighted by molar-refractivity contribution is -0.0180. The zero-order chi connectivity index (χ0) is 17.3. The van der Waals surface area contributed by atoms with E-state index >= 15 is 0 Å². The van der Waals surface area contributed by atoms with Gasteiger partial charge in [-0.2, -0.15) is 0 Å². The summed E-state index contributed by atoms with van der Waals surface area (Å²) in [6, 6.07) is 0. The van der Waals surface area contributed by atoms with E-state index < -0.39 is 5.60 Å². The minimum atomic E-state index is -0.830. The molecule has 0 amide bonds. The summed E-state index contributed by atoms with van der Waals surface area (Å²) in [5, 5.41) is 17.2. The van der Waals surface area contributed by atoms with Crippen LogP contribution < -0.4 is 10.6 Å². The number of rotatable bonds is 7. The van der Waals surface area contributed by atoms with Gasteiger partial charge in [0, 0.05) is 32.7 Å². The molecule has 0 aromatic carbocycles. The number of nitrogens with one attached hydrogen (secondary N) is 2. The standard InChI is InChI=1S/C17H36N4O2/c1-6-18-15(19-8-7-16(2,3)4)20-13-17(5,22)14-21-9-11-23-12-10-21/h22H,6-14H2,1-5H3,(H2,18,19,20). The minimum absolute atomic E-state index is 0.298. The normalized spacial score (nSPS) is 20.2. The molecule has 1 atom stereocenters. The maximum atomic E-state index is 10.6. The maximum Gasteiger partial charge on any atom is 0.191 e. The zero-order valence-electron chi connectivity index (χ0n) is 15.6. The van der Waals surface area contributed by atoms with E-state index in [1.807, 2.05) is 13.8 Å². The number of hydrogen-bond acceptors (Lipinski definition) is 4. The van der Waals surface area contributed by atoms with E-state index in [4.69, 9.17) is 4.74 Å². The van der Waals surface area contributed by atoms with Crippen molar-refractivity contribution >= 4 is 5.96 Å². The summed E-state index contributed by atoms with van der Waals surface area (Å²) in [7, 11) is 0. The summed E-state index contributed by atoms with van der Waals surface area (Å²) in [4.78, 5) is 6.79. The average molecular weight is 329 g/mol. The molecule has 0 saturated carbocycles. The average Bonchev–Trinajstić information content (AvgIpc) is 2.44. The largest absolute Gasteiger partial charge is 0.387 e. The molecule has 6 nitrogen and oxygen atoms in total. The van der Waals surface area contributed by atoms with Crippen LogP contribution in [0.25, 0.3) is 0 Å². The van der Waals surface area contributed by atoms with Gasteiger partial charge in [0.25, 0.3) is 0 Å². The fourth-order valence-electron chi connectivity index (χ4n) is 2.44. The van der Waals surface area contributed by atoms with Gasteiger partial charge in [-0.15, -0.1) is 0 Å². The summed E-state index contributed by atoms with van der Waals surface area (Å²) in [5.74, 6) is 0.777. The van der Waals surface area contributed by atoms with Gasteiger partial charge in [-0.05, 0) is 25.7 Å². The molecule has 1 fully saturated rings. The lowest BCUT2D eigenvalue weighted by Crippen LogP contribution is -2.48. The van der Waals surface area contributed by atoms with Gasteiger partial charge in [-0.1, -0.05) is 20.8 Å². The Labute approximate surface area is 141 Å². The number of β-amino-alcohol motifs (C(OH)–C–C–N with tert-alkyl or cyclic N) is 1. The number of aliphatic imine (C=N–C) groups is 1. The van der Waals surface area contributed by atoms with Crippen LogP contribution in [0.4, 0.5) is 0 Å². The first-order chi connectivity index (χ1) is 10.7. The first kappa shape index (κ1) is 20.2. The third kappa shape index (κ3) is 9.79.